The monoisotopic (exact) mass is 275 g/mol. The van der Waals surface area contributed by atoms with Crippen LogP contribution in [0.3, 0.4) is 0 Å². The van der Waals surface area contributed by atoms with Crippen molar-refractivity contribution in [3.63, 3.8) is 0 Å². The minimum Gasteiger partial charge on any atom is -0.390 e. The third-order valence-corrected chi connectivity index (χ3v) is 4.26. The molecule has 4 heteroatoms. The molecular formula is C16H21NO3. The minimum absolute atomic E-state index is 0.319. The fraction of sp³-hybridized carbons (Fsp3) is 0.562. The molecule has 1 heterocycles. The number of hydrogen-bond acceptors (Lipinski definition) is 4. The number of carbonyl (C=O) groups excluding carboxylic acids is 1. The molecule has 1 saturated heterocycles. The minimum atomic E-state index is -0.510. The molecular weight excluding hydrogens is 254 g/mol. The molecule has 108 valence electrons. The second-order valence-electron chi connectivity index (χ2n) is 5.75. The normalized spacial score (nSPS) is 29.1. The van der Waals surface area contributed by atoms with Crippen molar-refractivity contribution in [2.45, 2.75) is 37.6 Å². The van der Waals surface area contributed by atoms with Crippen LogP contribution in [0.1, 0.15) is 18.4 Å². The molecule has 0 spiro atoms. The van der Waals surface area contributed by atoms with Gasteiger partial charge in [0.25, 0.3) is 0 Å². The predicted molar refractivity (Wildman–Crippen MR) is 75.2 cm³/mol. The van der Waals surface area contributed by atoms with E-state index in [1.807, 2.05) is 18.2 Å². The molecule has 1 aromatic rings. The molecule has 1 aromatic carbocycles. The lowest BCUT2D eigenvalue weighted by Crippen LogP contribution is -2.56. The van der Waals surface area contributed by atoms with Gasteiger partial charge in [0.15, 0.2) is 0 Å². The van der Waals surface area contributed by atoms with Gasteiger partial charge in [0.1, 0.15) is 12.4 Å². The van der Waals surface area contributed by atoms with Gasteiger partial charge < -0.3 is 14.6 Å². The number of aliphatic hydroxyl groups is 1. The standard InChI is InChI=1S/C16H21NO3/c18-11-14-16(15(19)13-6-7-13)20-9-8-17(14)10-12-4-2-1-3-5-12/h1-5,11,13-16,19H,6-10H2. The zero-order valence-electron chi connectivity index (χ0n) is 11.5. The van der Waals surface area contributed by atoms with E-state index in [4.69, 9.17) is 4.74 Å². The molecule has 3 atom stereocenters. The highest BCUT2D eigenvalue weighted by molar-refractivity contribution is 5.59. The second kappa shape index (κ2) is 6.04. The SMILES string of the molecule is O=CC1C(C(O)C2CC2)OCCN1Cc1ccccc1. The smallest absolute Gasteiger partial charge is 0.139 e. The van der Waals surface area contributed by atoms with E-state index in [2.05, 4.69) is 17.0 Å². The van der Waals surface area contributed by atoms with Crippen LogP contribution < -0.4 is 0 Å². The lowest BCUT2D eigenvalue weighted by molar-refractivity contribution is -0.144. The molecule has 1 aliphatic heterocycles. The summed E-state index contributed by atoms with van der Waals surface area (Å²) in [4.78, 5) is 13.6. The van der Waals surface area contributed by atoms with Crippen molar-refractivity contribution in [3.05, 3.63) is 35.9 Å². The molecule has 2 aliphatic rings. The highest BCUT2D eigenvalue weighted by Crippen LogP contribution is 2.36. The van der Waals surface area contributed by atoms with Crippen molar-refractivity contribution in [2.75, 3.05) is 13.2 Å². The summed E-state index contributed by atoms with van der Waals surface area (Å²) >= 11 is 0. The van der Waals surface area contributed by atoms with Gasteiger partial charge in [-0.2, -0.15) is 0 Å². The van der Waals surface area contributed by atoms with E-state index in [1.165, 1.54) is 5.56 Å². The van der Waals surface area contributed by atoms with Gasteiger partial charge in [-0.3, -0.25) is 4.90 Å². The number of morpholine rings is 1. The van der Waals surface area contributed by atoms with Crippen LogP contribution in [0.5, 0.6) is 0 Å². The van der Waals surface area contributed by atoms with Gasteiger partial charge in [-0.05, 0) is 24.3 Å². The lowest BCUT2D eigenvalue weighted by atomic mass is 9.99. The molecule has 4 nitrogen and oxygen atoms in total. The summed E-state index contributed by atoms with van der Waals surface area (Å²) < 4.78 is 5.69. The number of benzene rings is 1. The van der Waals surface area contributed by atoms with Gasteiger partial charge in [0.2, 0.25) is 0 Å². The molecule has 0 radical (unpaired) electrons. The van der Waals surface area contributed by atoms with Crippen LogP contribution in [-0.2, 0) is 16.1 Å². The molecule has 0 amide bonds. The zero-order chi connectivity index (χ0) is 13.9. The number of nitrogens with zero attached hydrogens (tertiary/aromatic N) is 1. The summed E-state index contributed by atoms with van der Waals surface area (Å²) in [7, 11) is 0. The van der Waals surface area contributed by atoms with Crippen molar-refractivity contribution in [1.82, 2.24) is 4.90 Å². The first-order valence-corrected chi connectivity index (χ1v) is 7.32. The Labute approximate surface area is 119 Å². The van der Waals surface area contributed by atoms with E-state index < -0.39 is 6.10 Å². The average Bonchev–Trinajstić information content (AvgIpc) is 3.32. The molecule has 0 bridgehead atoms. The first kappa shape index (κ1) is 13.7. The van der Waals surface area contributed by atoms with Crippen LogP contribution in [0.2, 0.25) is 0 Å². The summed E-state index contributed by atoms with van der Waals surface area (Å²) in [5, 5.41) is 10.3. The highest BCUT2D eigenvalue weighted by atomic mass is 16.5. The summed E-state index contributed by atoms with van der Waals surface area (Å²) in [5.41, 5.74) is 1.18. The van der Waals surface area contributed by atoms with Gasteiger partial charge in [-0.15, -0.1) is 0 Å². The third-order valence-electron chi connectivity index (χ3n) is 4.26. The highest BCUT2D eigenvalue weighted by Gasteiger charge is 2.43. The number of hydrogen-bond donors (Lipinski definition) is 1. The molecule has 3 unspecified atom stereocenters. The van der Waals surface area contributed by atoms with Gasteiger partial charge in [0.05, 0.1) is 18.8 Å². The van der Waals surface area contributed by atoms with E-state index >= 15 is 0 Å². The van der Waals surface area contributed by atoms with Crippen molar-refractivity contribution < 1.29 is 14.6 Å². The van der Waals surface area contributed by atoms with Gasteiger partial charge in [-0.1, -0.05) is 30.3 Å². The van der Waals surface area contributed by atoms with Crippen molar-refractivity contribution in [2.24, 2.45) is 5.92 Å². The van der Waals surface area contributed by atoms with E-state index in [0.29, 0.717) is 12.5 Å². The van der Waals surface area contributed by atoms with Crippen molar-refractivity contribution in [1.29, 1.82) is 0 Å². The largest absolute Gasteiger partial charge is 0.390 e. The summed E-state index contributed by atoms with van der Waals surface area (Å²) in [5.74, 6) is 0.319. The number of aliphatic hydroxyl groups excluding tert-OH is 1. The van der Waals surface area contributed by atoms with Crippen LogP contribution in [0, 0.1) is 5.92 Å². The van der Waals surface area contributed by atoms with Crippen LogP contribution in [0.4, 0.5) is 0 Å². The number of carbonyl (C=O) groups is 1. The topological polar surface area (TPSA) is 49.8 Å². The Morgan fingerprint density at radius 3 is 2.75 bits per heavy atom. The average molecular weight is 275 g/mol. The van der Waals surface area contributed by atoms with Crippen molar-refractivity contribution >= 4 is 6.29 Å². The first-order chi connectivity index (χ1) is 9.79. The molecule has 3 rings (SSSR count). The lowest BCUT2D eigenvalue weighted by Gasteiger charge is -2.40. The van der Waals surface area contributed by atoms with Gasteiger partial charge in [0, 0.05) is 13.1 Å². The maximum Gasteiger partial charge on any atom is 0.139 e. The van der Waals surface area contributed by atoms with Gasteiger partial charge in [-0.25, -0.2) is 0 Å². The Bertz CT molecular complexity index is 446. The zero-order valence-corrected chi connectivity index (χ0v) is 11.5. The molecule has 20 heavy (non-hydrogen) atoms. The summed E-state index contributed by atoms with van der Waals surface area (Å²) in [6, 6.07) is 9.76. The maximum atomic E-state index is 11.5. The van der Waals surface area contributed by atoms with Crippen LogP contribution in [0.15, 0.2) is 30.3 Å². The van der Waals surface area contributed by atoms with Crippen LogP contribution in [0.25, 0.3) is 0 Å². The Balaban J connectivity index is 1.71. The molecule has 0 aromatic heterocycles. The maximum absolute atomic E-state index is 11.5. The van der Waals surface area contributed by atoms with E-state index in [-0.39, 0.29) is 12.1 Å². The predicted octanol–water partition coefficient (Wildman–Crippen LogP) is 1.23. The van der Waals surface area contributed by atoms with E-state index in [1.54, 1.807) is 0 Å². The number of rotatable bonds is 5. The first-order valence-electron chi connectivity index (χ1n) is 7.32. The summed E-state index contributed by atoms with van der Waals surface area (Å²) in [6.07, 6.45) is 2.14. The quantitative estimate of drug-likeness (QED) is 0.821. The molecule has 1 saturated carbocycles. The van der Waals surface area contributed by atoms with E-state index in [0.717, 1.165) is 32.2 Å². The number of ether oxygens (including phenoxy) is 1. The summed E-state index contributed by atoms with van der Waals surface area (Å²) in [6.45, 7) is 2.03. The second-order valence-corrected chi connectivity index (χ2v) is 5.75. The third kappa shape index (κ3) is 2.92. The van der Waals surface area contributed by atoms with E-state index in [9.17, 15) is 9.90 Å². The fourth-order valence-electron chi connectivity index (χ4n) is 2.93. The van der Waals surface area contributed by atoms with Crippen molar-refractivity contribution in [3.8, 4) is 0 Å². The molecule has 2 fully saturated rings. The number of aldehydes is 1. The van der Waals surface area contributed by atoms with Crippen LogP contribution >= 0.6 is 0 Å². The van der Waals surface area contributed by atoms with Crippen LogP contribution in [-0.4, -0.2) is 47.7 Å². The fourth-order valence-corrected chi connectivity index (χ4v) is 2.93. The molecule has 1 aliphatic carbocycles. The Morgan fingerprint density at radius 2 is 2.10 bits per heavy atom. The Hall–Kier alpha value is -1.23. The van der Waals surface area contributed by atoms with Gasteiger partial charge >= 0.3 is 0 Å². The Morgan fingerprint density at radius 1 is 1.35 bits per heavy atom. The Kier molecular flexibility index (Phi) is 4.15. The molecule has 1 N–H and O–H groups in total.